The number of hydrogen-bond acceptors (Lipinski definition) is 8. The van der Waals surface area contributed by atoms with Crippen LogP contribution in [0.1, 0.15) is 31.2 Å². The van der Waals surface area contributed by atoms with E-state index in [-0.39, 0.29) is 6.10 Å². The highest BCUT2D eigenvalue weighted by molar-refractivity contribution is 7.22. The molecule has 4 heterocycles. The summed E-state index contributed by atoms with van der Waals surface area (Å²) in [6.07, 6.45) is 10.7. The number of aliphatic hydroxyl groups excluding tert-OH is 1. The van der Waals surface area contributed by atoms with E-state index >= 15 is 0 Å². The van der Waals surface area contributed by atoms with Crippen LogP contribution in [0.3, 0.4) is 0 Å². The molecule has 1 aliphatic carbocycles. The Labute approximate surface area is 213 Å². The van der Waals surface area contributed by atoms with Crippen molar-refractivity contribution in [2.24, 2.45) is 0 Å². The molecule has 6 rings (SSSR count). The molecule has 36 heavy (non-hydrogen) atoms. The predicted molar refractivity (Wildman–Crippen MR) is 144 cm³/mol. The van der Waals surface area contributed by atoms with Gasteiger partial charge in [0.25, 0.3) is 0 Å². The Kier molecular flexibility index (Phi) is 6.31. The normalized spacial score (nSPS) is 17.8. The summed E-state index contributed by atoms with van der Waals surface area (Å²) in [7, 11) is 0. The van der Waals surface area contributed by atoms with Gasteiger partial charge in [0.15, 0.2) is 5.13 Å². The van der Waals surface area contributed by atoms with Crippen LogP contribution in [-0.4, -0.2) is 42.0 Å². The van der Waals surface area contributed by atoms with Crippen LogP contribution >= 0.6 is 11.3 Å². The smallest absolute Gasteiger partial charge is 0.189 e. The molecule has 1 saturated carbocycles. The van der Waals surface area contributed by atoms with Gasteiger partial charge in [0.1, 0.15) is 11.6 Å². The lowest BCUT2D eigenvalue weighted by molar-refractivity contribution is 0.126. The van der Waals surface area contributed by atoms with Crippen molar-refractivity contribution in [3.8, 4) is 11.1 Å². The Balaban J connectivity index is 1.27. The molecule has 0 radical (unpaired) electrons. The zero-order valence-corrected chi connectivity index (χ0v) is 20.5. The monoisotopic (exact) mass is 497 g/mol. The van der Waals surface area contributed by atoms with E-state index in [0.29, 0.717) is 12.6 Å². The molecule has 0 amide bonds. The molecule has 0 atom stereocenters. The molecule has 5 aromatic rings. The van der Waals surface area contributed by atoms with Crippen LogP contribution in [0.25, 0.3) is 21.3 Å². The number of fused-ring (bicyclic) bond motifs is 1. The number of hydrogen-bond donors (Lipinski definition) is 3. The maximum absolute atomic E-state index is 9.86. The lowest BCUT2D eigenvalue weighted by Gasteiger charge is -2.27. The molecule has 1 aromatic carbocycles. The van der Waals surface area contributed by atoms with E-state index < -0.39 is 0 Å². The van der Waals surface area contributed by atoms with Crippen molar-refractivity contribution in [1.82, 2.24) is 24.7 Å². The largest absolute Gasteiger partial charge is 0.393 e. The maximum Gasteiger partial charge on any atom is 0.189 e. The molecule has 1 fully saturated rings. The third-order valence-corrected chi connectivity index (χ3v) is 7.39. The molecule has 9 heteroatoms. The van der Waals surface area contributed by atoms with Crippen LogP contribution < -0.4 is 10.6 Å². The van der Waals surface area contributed by atoms with E-state index in [4.69, 9.17) is 9.97 Å². The molecule has 0 unspecified atom stereocenters. The molecule has 0 bridgehead atoms. The standard InChI is InChI=1S/C27H27N7OS/c35-22-7-5-21(6-8-22)30-25-13-18(17-34-12-2-11-29-34)14-26(32-25)33-27-31-23-9-4-19(15-24(23)36-27)20-3-1-10-28-16-20/h1-4,9-16,21-22,35H,5-8,17H2,(H2,30,31,32,33)/t21-,22-. The summed E-state index contributed by atoms with van der Waals surface area (Å²) in [5.41, 5.74) is 4.24. The summed E-state index contributed by atoms with van der Waals surface area (Å²) >= 11 is 1.61. The third kappa shape index (κ3) is 5.22. The van der Waals surface area contributed by atoms with Crippen molar-refractivity contribution >= 4 is 38.3 Å². The van der Waals surface area contributed by atoms with Gasteiger partial charge in [-0.05, 0) is 73.2 Å². The Morgan fingerprint density at radius 1 is 0.944 bits per heavy atom. The average Bonchev–Trinajstić information content (AvgIpc) is 3.55. The zero-order valence-electron chi connectivity index (χ0n) is 19.7. The summed E-state index contributed by atoms with van der Waals surface area (Å²) < 4.78 is 3.00. The van der Waals surface area contributed by atoms with Gasteiger partial charge in [0.2, 0.25) is 0 Å². The summed E-state index contributed by atoms with van der Waals surface area (Å²) in [6.45, 7) is 0.649. The van der Waals surface area contributed by atoms with Gasteiger partial charge >= 0.3 is 0 Å². The number of aliphatic hydroxyl groups is 1. The Hall–Kier alpha value is -3.82. The van der Waals surface area contributed by atoms with E-state index in [9.17, 15) is 5.11 Å². The quantitative estimate of drug-likeness (QED) is 0.275. The SMILES string of the molecule is O[C@H]1CC[C@H](Nc2cc(Cn3cccn3)cc(Nc3nc4ccc(-c5cccnc5)cc4s3)n2)CC1. The lowest BCUT2D eigenvalue weighted by Crippen LogP contribution is -2.28. The minimum absolute atomic E-state index is 0.183. The second-order valence-corrected chi connectivity index (χ2v) is 10.2. The number of nitrogens with zero attached hydrogens (tertiary/aromatic N) is 5. The van der Waals surface area contributed by atoms with Crippen molar-refractivity contribution in [2.75, 3.05) is 10.6 Å². The van der Waals surface area contributed by atoms with Gasteiger partial charge in [0, 0.05) is 36.4 Å². The minimum atomic E-state index is -0.183. The molecular formula is C27H27N7OS. The molecule has 4 aromatic heterocycles. The summed E-state index contributed by atoms with van der Waals surface area (Å²) in [4.78, 5) is 13.9. The van der Waals surface area contributed by atoms with Gasteiger partial charge < -0.3 is 15.7 Å². The van der Waals surface area contributed by atoms with E-state index in [2.05, 4.69) is 45.0 Å². The van der Waals surface area contributed by atoms with E-state index in [1.165, 1.54) is 0 Å². The second-order valence-electron chi connectivity index (χ2n) is 9.17. The molecule has 0 spiro atoms. The molecule has 8 nitrogen and oxygen atoms in total. The summed E-state index contributed by atoms with van der Waals surface area (Å²) in [5, 5.41) is 22.0. The fraction of sp³-hybridized carbons (Fsp3) is 0.259. The van der Waals surface area contributed by atoms with Gasteiger partial charge in [-0.2, -0.15) is 5.10 Å². The molecule has 0 aliphatic heterocycles. The summed E-state index contributed by atoms with van der Waals surface area (Å²) in [6, 6.07) is 16.6. The Bertz CT molecular complexity index is 1440. The predicted octanol–water partition coefficient (Wildman–Crippen LogP) is 5.46. The number of thiazole rings is 1. The first kappa shape index (κ1) is 22.6. The average molecular weight is 498 g/mol. The van der Waals surface area contributed by atoms with Crippen LogP contribution in [0.4, 0.5) is 16.8 Å². The third-order valence-electron chi connectivity index (χ3n) is 6.46. The maximum atomic E-state index is 9.86. The van der Waals surface area contributed by atoms with Crippen LogP contribution in [0.15, 0.2) is 73.3 Å². The first-order valence-corrected chi connectivity index (χ1v) is 13.0. The number of rotatable bonds is 7. The molecular weight excluding hydrogens is 470 g/mol. The fourth-order valence-electron chi connectivity index (χ4n) is 4.63. The Morgan fingerprint density at radius 3 is 2.64 bits per heavy atom. The number of pyridine rings is 2. The highest BCUT2D eigenvalue weighted by atomic mass is 32.1. The van der Waals surface area contributed by atoms with Crippen molar-refractivity contribution < 1.29 is 5.11 Å². The Morgan fingerprint density at radius 2 is 1.83 bits per heavy atom. The highest BCUT2D eigenvalue weighted by Crippen LogP contribution is 2.32. The van der Waals surface area contributed by atoms with Gasteiger partial charge in [-0.15, -0.1) is 0 Å². The number of nitrogens with one attached hydrogen (secondary N) is 2. The first-order chi connectivity index (χ1) is 17.7. The van der Waals surface area contributed by atoms with Crippen LogP contribution in [0, 0.1) is 0 Å². The van der Waals surface area contributed by atoms with Crippen LogP contribution in [-0.2, 0) is 6.54 Å². The van der Waals surface area contributed by atoms with Crippen molar-refractivity contribution in [3.63, 3.8) is 0 Å². The number of anilines is 3. The van der Waals surface area contributed by atoms with Crippen molar-refractivity contribution in [2.45, 2.75) is 44.4 Å². The van der Waals surface area contributed by atoms with E-state index in [1.54, 1.807) is 23.7 Å². The molecule has 182 valence electrons. The van der Waals surface area contributed by atoms with Gasteiger partial charge in [0.05, 0.1) is 22.9 Å². The van der Waals surface area contributed by atoms with Crippen molar-refractivity contribution in [1.29, 1.82) is 0 Å². The second kappa shape index (κ2) is 10.0. The summed E-state index contributed by atoms with van der Waals surface area (Å²) in [5.74, 6) is 1.56. The zero-order chi connectivity index (χ0) is 24.3. The molecule has 1 aliphatic rings. The topological polar surface area (TPSA) is 101 Å². The van der Waals surface area contributed by atoms with Gasteiger partial charge in [-0.1, -0.05) is 23.5 Å². The van der Waals surface area contributed by atoms with Gasteiger partial charge in [-0.3, -0.25) is 9.67 Å². The van der Waals surface area contributed by atoms with E-state index in [0.717, 1.165) is 69.4 Å². The van der Waals surface area contributed by atoms with Gasteiger partial charge in [-0.25, -0.2) is 9.97 Å². The fourth-order valence-corrected chi connectivity index (χ4v) is 5.54. The minimum Gasteiger partial charge on any atom is -0.393 e. The van der Waals surface area contributed by atoms with Crippen molar-refractivity contribution in [3.05, 3.63) is 78.9 Å². The van der Waals surface area contributed by atoms with Crippen LogP contribution in [0.2, 0.25) is 0 Å². The number of aromatic nitrogens is 5. The highest BCUT2D eigenvalue weighted by Gasteiger charge is 2.20. The first-order valence-electron chi connectivity index (χ1n) is 12.2. The molecule has 0 saturated heterocycles. The van der Waals surface area contributed by atoms with E-state index in [1.807, 2.05) is 41.3 Å². The number of benzene rings is 1. The molecule has 3 N–H and O–H groups in total. The lowest BCUT2D eigenvalue weighted by atomic mass is 9.93. The van der Waals surface area contributed by atoms with Crippen LogP contribution in [0.5, 0.6) is 0 Å².